The number of guanidine groups is 1. The average Bonchev–Trinajstić information content (AvgIpc) is 2.90. The number of benzene rings is 2. The van der Waals surface area contributed by atoms with Crippen LogP contribution >= 0.6 is 0 Å². The van der Waals surface area contributed by atoms with Crippen LogP contribution in [0.3, 0.4) is 0 Å². The van der Waals surface area contributed by atoms with Crippen LogP contribution in [-0.2, 0) is 41.0 Å². The summed E-state index contributed by atoms with van der Waals surface area (Å²) in [7, 11) is -4.40. The van der Waals surface area contributed by atoms with Crippen LogP contribution in [0.15, 0.2) is 58.6 Å². The first kappa shape index (κ1) is 33.4. The smallest absolute Gasteiger partial charge is 0.491 e. The lowest BCUT2D eigenvalue weighted by Gasteiger charge is -2.23. The van der Waals surface area contributed by atoms with Crippen LogP contribution in [0.2, 0.25) is 0 Å². The molecule has 226 valence electrons. The molecule has 2 aromatic carbocycles. The van der Waals surface area contributed by atoms with Gasteiger partial charge < -0.3 is 25.8 Å². The van der Waals surface area contributed by atoms with Gasteiger partial charge >= 0.3 is 18.1 Å². The number of rotatable bonds is 14. The molecule has 11 nitrogen and oxygen atoms in total. The van der Waals surface area contributed by atoms with Gasteiger partial charge in [0.2, 0.25) is 16.0 Å². The number of nitrogens with one attached hydrogen (secondary N) is 1. The highest BCUT2D eigenvalue weighted by Gasteiger charge is 2.44. The van der Waals surface area contributed by atoms with Gasteiger partial charge in [0, 0.05) is 6.42 Å². The predicted octanol–water partition coefficient (Wildman–Crippen LogP) is 2.87. The van der Waals surface area contributed by atoms with E-state index in [9.17, 15) is 31.2 Å². The van der Waals surface area contributed by atoms with E-state index < -0.39 is 40.6 Å². The summed E-state index contributed by atoms with van der Waals surface area (Å²) in [5.41, 5.74) is 11.3. The number of alkyl halides is 3. The van der Waals surface area contributed by atoms with Gasteiger partial charge in [0.25, 0.3) is 0 Å². The normalized spacial score (nSPS) is 12.7. The number of nitrogens with two attached hydrogens (primary N) is 2. The monoisotopic (exact) mass is 602 g/mol. The molecule has 0 fully saturated rings. The number of hydrogen-bond acceptors (Lipinski definition) is 8. The Morgan fingerprint density at radius 3 is 2.15 bits per heavy atom. The van der Waals surface area contributed by atoms with Crippen LogP contribution in [0.25, 0.3) is 0 Å². The molecule has 0 unspecified atom stereocenters. The van der Waals surface area contributed by atoms with Gasteiger partial charge in [0.1, 0.15) is 18.4 Å². The molecule has 1 atom stereocenters. The fraction of sp³-hybridized carbons (Fsp3) is 0.423. The van der Waals surface area contributed by atoms with E-state index in [4.69, 9.17) is 21.0 Å². The van der Waals surface area contributed by atoms with Crippen molar-refractivity contribution in [3.8, 4) is 5.75 Å². The molecule has 15 heteroatoms. The van der Waals surface area contributed by atoms with E-state index in [-0.39, 0.29) is 29.5 Å². The third-order valence-electron chi connectivity index (χ3n) is 6.02. The molecule has 2 rings (SSSR count). The topological polar surface area (TPSA) is 172 Å². The number of hydrogen-bond donors (Lipinski definition) is 3. The minimum absolute atomic E-state index is 0.190. The average molecular weight is 603 g/mol. The largest absolute Gasteiger partial charge is 0.493 e. The van der Waals surface area contributed by atoms with Crippen molar-refractivity contribution in [1.29, 1.82) is 0 Å². The van der Waals surface area contributed by atoms with Crippen molar-refractivity contribution < 1.29 is 45.5 Å². The summed E-state index contributed by atoms with van der Waals surface area (Å²) in [4.78, 5) is 28.4. The van der Waals surface area contributed by atoms with Gasteiger partial charge in [-0.15, -0.1) is 0 Å². The molecule has 2 aromatic rings. The maximum absolute atomic E-state index is 13.1. The first-order valence-electron chi connectivity index (χ1n) is 12.4. The summed E-state index contributed by atoms with van der Waals surface area (Å²) in [6.07, 6.45) is -4.64. The molecule has 0 saturated heterocycles. The number of ether oxygens (including phenoxy) is 2. The zero-order valence-corrected chi connectivity index (χ0v) is 23.5. The van der Waals surface area contributed by atoms with Crippen molar-refractivity contribution in [2.24, 2.45) is 16.6 Å². The van der Waals surface area contributed by atoms with Gasteiger partial charge in [-0.3, -0.25) is 0 Å². The minimum atomic E-state index is -5.45. The summed E-state index contributed by atoms with van der Waals surface area (Å²) in [5, 5.41) is 3.36. The first-order chi connectivity index (χ1) is 19.0. The predicted molar refractivity (Wildman–Crippen MR) is 143 cm³/mol. The van der Waals surface area contributed by atoms with Crippen molar-refractivity contribution in [1.82, 2.24) is 4.72 Å². The van der Waals surface area contributed by atoms with Gasteiger partial charge in [0.05, 0.1) is 11.5 Å². The molecule has 0 spiro atoms. The Bertz CT molecular complexity index is 1310. The molecule has 5 N–H and O–H groups in total. The van der Waals surface area contributed by atoms with Gasteiger partial charge in [-0.25, -0.2) is 18.0 Å². The second kappa shape index (κ2) is 14.2. The molecule has 0 saturated carbocycles. The van der Waals surface area contributed by atoms with E-state index >= 15 is 0 Å². The third kappa shape index (κ3) is 10.6. The zero-order chi connectivity index (χ0) is 30.8. The maximum atomic E-state index is 13.1. The molecular formula is C26H33F3N4O7S. The number of nitrogens with zero attached hydrogens (tertiary/aromatic N) is 1. The number of oxime groups is 1. The van der Waals surface area contributed by atoms with Crippen molar-refractivity contribution in [3.05, 3.63) is 59.7 Å². The fourth-order valence-corrected chi connectivity index (χ4v) is 4.51. The molecule has 41 heavy (non-hydrogen) atoms. The van der Waals surface area contributed by atoms with Crippen LogP contribution in [0, 0.1) is 0 Å². The van der Waals surface area contributed by atoms with Crippen LogP contribution in [0.5, 0.6) is 5.75 Å². The highest BCUT2D eigenvalue weighted by atomic mass is 32.2. The van der Waals surface area contributed by atoms with Crippen LogP contribution < -0.4 is 20.9 Å². The summed E-state index contributed by atoms with van der Waals surface area (Å²) in [5.74, 6) is -4.27. The molecule has 0 heterocycles. The quantitative estimate of drug-likeness (QED) is 0.0734. The summed E-state index contributed by atoms with van der Waals surface area (Å²) >= 11 is 0. The number of carbonyl (C=O) groups excluding carboxylic acids is 2. The van der Waals surface area contributed by atoms with Crippen LogP contribution in [-0.4, -0.2) is 51.7 Å². The van der Waals surface area contributed by atoms with Crippen LogP contribution in [0.1, 0.15) is 44.7 Å². The molecule has 0 bridgehead atoms. The second-order valence-electron chi connectivity index (χ2n) is 9.54. The fourth-order valence-electron chi connectivity index (χ4n) is 3.33. The number of carbonyl (C=O) groups is 2. The van der Waals surface area contributed by atoms with Gasteiger partial charge in [-0.05, 0) is 58.8 Å². The van der Waals surface area contributed by atoms with Gasteiger partial charge in [-0.1, -0.05) is 45.0 Å². The van der Waals surface area contributed by atoms with Crippen LogP contribution in [0.4, 0.5) is 13.2 Å². The summed E-state index contributed by atoms with van der Waals surface area (Å²) < 4.78 is 75.8. The molecule has 0 aliphatic heterocycles. The second-order valence-corrected chi connectivity index (χ2v) is 11.3. The van der Waals surface area contributed by atoms with E-state index in [2.05, 4.69) is 14.6 Å². The Hall–Kier alpha value is -3.85. The maximum Gasteiger partial charge on any atom is 0.491 e. The lowest BCUT2D eigenvalue weighted by atomic mass is 9.82. The third-order valence-corrected chi connectivity index (χ3v) is 7.51. The highest BCUT2D eigenvalue weighted by Crippen LogP contribution is 2.27. The summed E-state index contributed by atoms with van der Waals surface area (Å²) in [6.45, 7) is 6.38. The number of sulfonamides is 1. The Balaban J connectivity index is 2.18. The van der Waals surface area contributed by atoms with E-state index in [1.54, 1.807) is 12.1 Å². The summed E-state index contributed by atoms with van der Waals surface area (Å²) in [6, 6.07) is 10.0. The Kier molecular flexibility index (Phi) is 11.5. The van der Waals surface area contributed by atoms with Crippen molar-refractivity contribution >= 4 is 27.9 Å². The standard InChI is InChI=1S/C26H33F3N4O7S/c1-4-25(2,3)18-8-12-20(13-9-18)41(36,37)33-21(22(34)40-23(35)26(27,28)29)16-17-6-10-19(11-7-17)38-14-5-15-39-32-24(30)31/h6-13,21,33H,4-5,14-16H2,1-3H3,(H4,30,31,32)/t21-/m0/s1. The van der Waals surface area contributed by atoms with Gasteiger partial charge in [-0.2, -0.15) is 17.9 Å². The van der Waals surface area contributed by atoms with Crippen molar-refractivity contribution in [2.45, 2.75) is 62.6 Å². The first-order valence-corrected chi connectivity index (χ1v) is 13.9. The molecule has 0 radical (unpaired) electrons. The zero-order valence-electron chi connectivity index (χ0n) is 22.7. The molecule has 0 aliphatic rings. The Morgan fingerprint density at radius 2 is 1.61 bits per heavy atom. The number of esters is 2. The lowest BCUT2D eigenvalue weighted by molar-refractivity contribution is -0.202. The molecule has 0 aromatic heterocycles. The van der Waals surface area contributed by atoms with E-state index in [0.29, 0.717) is 17.7 Å². The molecule has 0 amide bonds. The molecule has 0 aliphatic carbocycles. The number of halogens is 3. The Morgan fingerprint density at radius 1 is 1.00 bits per heavy atom. The SMILES string of the molecule is CCC(C)(C)c1ccc(S(=O)(=O)N[C@@H](Cc2ccc(OCCCON=C(N)N)cc2)C(=O)OC(=O)C(F)(F)F)cc1. The van der Waals surface area contributed by atoms with Crippen molar-refractivity contribution in [2.75, 3.05) is 13.2 Å². The van der Waals surface area contributed by atoms with Crippen molar-refractivity contribution in [3.63, 3.8) is 0 Å². The molecular weight excluding hydrogens is 569 g/mol. The van der Waals surface area contributed by atoms with E-state index in [0.717, 1.165) is 12.0 Å². The Labute approximate surface area is 236 Å². The minimum Gasteiger partial charge on any atom is -0.493 e. The van der Waals surface area contributed by atoms with E-state index in [1.165, 1.54) is 36.4 Å². The lowest BCUT2D eigenvalue weighted by Crippen LogP contribution is -2.45. The van der Waals surface area contributed by atoms with Gasteiger partial charge in [0.15, 0.2) is 0 Å². The van der Waals surface area contributed by atoms with E-state index in [1.807, 2.05) is 20.8 Å². The highest BCUT2D eigenvalue weighted by molar-refractivity contribution is 7.89.